The Labute approximate surface area is 116 Å². The Bertz CT molecular complexity index is 612. The topological polar surface area (TPSA) is 113 Å². The molecule has 0 aliphatic rings. The number of hydrogen-bond acceptors (Lipinski definition) is 5. The van der Waals surface area contributed by atoms with Crippen molar-refractivity contribution >= 4 is 21.7 Å². The fraction of sp³-hybridized carbons (Fsp3) is 0.417. The molecule has 1 amide bonds. The predicted molar refractivity (Wildman–Crippen MR) is 72.5 cm³/mol. The third-order valence-corrected chi connectivity index (χ3v) is 4.41. The van der Waals surface area contributed by atoms with Crippen molar-refractivity contribution in [1.82, 2.24) is 10.3 Å². The lowest BCUT2D eigenvalue weighted by atomic mass is 10.2. The Balaban J connectivity index is 2.76. The first kappa shape index (κ1) is 16.1. The van der Waals surface area contributed by atoms with E-state index in [0.717, 1.165) is 0 Å². The van der Waals surface area contributed by atoms with Crippen LogP contribution in [0.5, 0.6) is 0 Å². The van der Waals surface area contributed by atoms with Gasteiger partial charge in [0.05, 0.1) is 5.75 Å². The lowest BCUT2D eigenvalue weighted by Crippen LogP contribution is -2.38. The van der Waals surface area contributed by atoms with Crippen LogP contribution < -0.4 is 5.32 Å². The van der Waals surface area contributed by atoms with Gasteiger partial charge in [-0.2, -0.15) is 0 Å². The summed E-state index contributed by atoms with van der Waals surface area (Å²) in [6.45, 7) is 3.09. The summed E-state index contributed by atoms with van der Waals surface area (Å²) in [6, 6.07) is 3.45. The highest BCUT2D eigenvalue weighted by Crippen LogP contribution is 2.01. The SMILES string of the molecule is CCS(=O)(=O)CC(C)NC(=O)c1cccc(C(=O)O)n1. The molecule has 1 unspecified atom stereocenters. The lowest BCUT2D eigenvalue weighted by molar-refractivity contribution is 0.0690. The van der Waals surface area contributed by atoms with Crippen LogP contribution in [0.1, 0.15) is 34.8 Å². The minimum Gasteiger partial charge on any atom is -0.477 e. The zero-order valence-electron chi connectivity index (χ0n) is 11.2. The molecule has 0 aromatic carbocycles. The number of sulfone groups is 1. The Kier molecular flexibility index (Phi) is 5.20. The molecule has 2 N–H and O–H groups in total. The third kappa shape index (κ3) is 4.61. The number of rotatable bonds is 6. The van der Waals surface area contributed by atoms with Gasteiger partial charge in [-0.05, 0) is 19.1 Å². The first-order valence-electron chi connectivity index (χ1n) is 5.97. The zero-order valence-corrected chi connectivity index (χ0v) is 12.0. The number of amides is 1. The van der Waals surface area contributed by atoms with Crippen molar-refractivity contribution < 1.29 is 23.1 Å². The molecule has 0 saturated heterocycles. The monoisotopic (exact) mass is 300 g/mol. The molecular weight excluding hydrogens is 284 g/mol. The van der Waals surface area contributed by atoms with Crippen molar-refractivity contribution in [3.63, 3.8) is 0 Å². The molecule has 0 spiro atoms. The molecule has 7 nitrogen and oxygen atoms in total. The van der Waals surface area contributed by atoms with Gasteiger partial charge in [-0.1, -0.05) is 13.0 Å². The van der Waals surface area contributed by atoms with E-state index in [1.54, 1.807) is 6.92 Å². The van der Waals surface area contributed by atoms with Gasteiger partial charge in [0.2, 0.25) is 0 Å². The highest BCUT2D eigenvalue weighted by molar-refractivity contribution is 7.91. The molecule has 0 bridgehead atoms. The molecule has 0 saturated carbocycles. The molecule has 0 fully saturated rings. The van der Waals surface area contributed by atoms with E-state index >= 15 is 0 Å². The van der Waals surface area contributed by atoms with Gasteiger partial charge in [-0.3, -0.25) is 4.79 Å². The Morgan fingerprint density at radius 3 is 2.50 bits per heavy atom. The zero-order chi connectivity index (χ0) is 15.3. The van der Waals surface area contributed by atoms with E-state index in [2.05, 4.69) is 10.3 Å². The molecule has 110 valence electrons. The second-order valence-corrected chi connectivity index (χ2v) is 6.68. The molecular formula is C12H16N2O5S. The molecule has 1 aromatic rings. The minimum atomic E-state index is -3.20. The number of nitrogens with zero attached hydrogens (tertiary/aromatic N) is 1. The summed E-state index contributed by atoms with van der Waals surface area (Å²) in [6.07, 6.45) is 0. The number of carboxylic acid groups (broad SMARTS) is 1. The van der Waals surface area contributed by atoms with Gasteiger partial charge in [0.15, 0.2) is 9.84 Å². The van der Waals surface area contributed by atoms with Crippen LogP contribution in [-0.4, -0.2) is 47.9 Å². The summed E-state index contributed by atoms with van der Waals surface area (Å²) in [5.74, 6) is -2.01. The fourth-order valence-corrected chi connectivity index (χ4v) is 2.60. The van der Waals surface area contributed by atoms with Crippen molar-refractivity contribution in [3.8, 4) is 0 Å². The summed E-state index contributed by atoms with van der Waals surface area (Å²) < 4.78 is 22.9. The predicted octanol–water partition coefficient (Wildman–Crippen LogP) is 0.333. The van der Waals surface area contributed by atoms with Crippen LogP contribution in [-0.2, 0) is 9.84 Å². The van der Waals surface area contributed by atoms with Crippen LogP contribution in [0.2, 0.25) is 0 Å². The minimum absolute atomic E-state index is 0.0000399. The van der Waals surface area contributed by atoms with Crippen LogP contribution in [0.4, 0.5) is 0 Å². The average Bonchev–Trinajstić information content (AvgIpc) is 2.38. The van der Waals surface area contributed by atoms with Crippen molar-refractivity contribution in [1.29, 1.82) is 0 Å². The van der Waals surface area contributed by atoms with Gasteiger partial charge in [0.1, 0.15) is 11.4 Å². The number of nitrogens with one attached hydrogen (secondary N) is 1. The summed E-state index contributed by atoms with van der Waals surface area (Å²) in [7, 11) is -3.20. The molecule has 8 heteroatoms. The molecule has 0 aliphatic heterocycles. The van der Waals surface area contributed by atoms with Crippen molar-refractivity contribution in [2.45, 2.75) is 19.9 Å². The van der Waals surface area contributed by atoms with Crippen LogP contribution in [0.15, 0.2) is 18.2 Å². The maximum absolute atomic E-state index is 11.8. The lowest BCUT2D eigenvalue weighted by Gasteiger charge is -2.13. The van der Waals surface area contributed by atoms with Gasteiger partial charge < -0.3 is 10.4 Å². The van der Waals surface area contributed by atoms with E-state index in [1.165, 1.54) is 25.1 Å². The standard InChI is InChI=1S/C12H16N2O5S/c1-3-20(18,19)7-8(2)13-11(15)9-5-4-6-10(14-9)12(16)17/h4-6,8H,3,7H2,1-2H3,(H,13,15)(H,16,17). The summed E-state index contributed by atoms with van der Waals surface area (Å²) >= 11 is 0. The number of carboxylic acids is 1. The largest absolute Gasteiger partial charge is 0.477 e. The van der Waals surface area contributed by atoms with E-state index in [4.69, 9.17) is 5.11 Å². The van der Waals surface area contributed by atoms with Gasteiger partial charge in [-0.25, -0.2) is 18.2 Å². The fourth-order valence-electron chi connectivity index (χ4n) is 1.52. The van der Waals surface area contributed by atoms with Crippen LogP contribution in [0.3, 0.4) is 0 Å². The van der Waals surface area contributed by atoms with Crippen molar-refractivity contribution in [3.05, 3.63) is 29.6 Å². The van der Waals surface area contributed by atoms with E-state index in [9.17, 15) is 18.0 Å². The maximum Gasteiger partial charge on any atom is 0.354 e. The first-order chi connectivity index (χ1) is 9.25. The molecule has 1 atom stereocenters. The molecule has 1 heterocycles. The second kappa shape index (κ2) is 6.47. The molecule has 1 rings (SSSR count). The quantitative estimate of drug-likeness (QED) is 0.782. The number of carbonyl (C=O) groups excluding carboxylic acids is 1. The summed E-state index contributed by atoms with van der Waals surface area (Å²) in [5.41, 5.74) is -0.308. The van der Waals surface area contributed by atoms with Gasteiger partial charge >= 0.3 is 5.97 Å². The number of pyridine rings is 1. The van der Waals surface area contributed by atoms with Crippen molar-refractivity contribution in [2.75, 3.05) is 11.5 Å². The van der Waals surface area contributed by atoms with Crippen LogP contribution in [0, 0.1) is 0 Å². The highest BCUT2D eigenvalue weighted by Gasteiger charge is 2.18. The van der Waals surface area contributed by atoms with E-state index in [-0.39, 0.29) is 22.9 Å². The highest BCUT2D eigenvalue weighted by atomic mass is 32.2. The third-order valence-electron chi connectivity index (χ3n) is 2.52. The summed E-state index contributed by atoms with van der Waals surface area (Å²) in [5, 5.41) is 11.3. The molecule has 0 aliphatic carbocycles. The van der Waals surface area contributed by atoms with Crippen LogP contribution >= 0.6 is 0 Å². The normalized spacial score (nSPS) is 12.7. The second-order valence-electron chi connectivity index (χ2n) is 4.29. The number of hydrogen-bond donors (Lipinski definition) is 2. The molecule has 1 aromatic heterocycles. The van der Waals surface area contributed by atoms with Crippen LogP contribution in [0.25, 0.3) is 0 Å². The summed E-state index contributed by atoms with van der Waals surface area (Å²) in [4.78, 5) is 26.3. The Morgan fingerprint density at radius 1 is 1.35 bits per heavy atom. The molecule has 20 heavy (non-hydrogen) atoms. The van der Waals surface area contributed by atoms with E-state index in [0.29, 0.717) is 0 Å². The maximum atomic E-state index is 11.8. The van der Waals surface area contributed by atoms with E-state index in [1.807, 2.05) is 0 Å². The average molecular weight is 300 g/mol. The number of aromatic carboxylic acids is 1. The van der Waals surface area contributed by atoms with Gasteiger partial charge in [0, 0.05) is 11.8 Å². The Hall–Kier alpha value is -1.96. The Morgan fingerprint density at radius 2 is 1.95 bits per heavy atom. The number of carbonyl (C=O) groups is 2. The first-order valence-corrected chi connectivity index (χ1v) is 7.79. The molecule has 0 radical (unpaired) electrons. The smallest absolute Gasteiger partial charge is 0.354 e. The van der Waals surface area contributed by atoms with Gasteiger partial charge in [0.25, 0.3) is 5.91 Å². The van der Waals surface area contributed by atoms with Gasteiger partial charge in [-0.15, -0.1) is 0 Å². The van der Waals surface area contributed by atoms with Crippen molar-refractivity contribution in [2.24, 2.45) is 0 Å². The number of aromatic nitrogens is 1. The van der Waals surface area contributed by atoms with E-state index < -0.39 is 27.8 Å².